The van der Waals surface area contributed by atoms with Gasteiger partial charge in [0.05, 0.1) is 0 Å². The predicted octanol–water partition coefficient (Wildman–Crippen LogP) is 10.5. The third-order valence-corrected chi connectivity index (χ3v) is 6.93. The molecule has 2 nitrogen and oxygen atoms in total. The third-order valence-electron chi connectivity index (χ3n) is 6.93. The molecule has 0 fully saturated rings. The standard InChI is InChI=1S/C37H30N2/c1-28-12-20-33(21-13-28)38-34-22-14-30(15-23-34)32-18-26-37(27-19-32)39(35-10-6-3-7-11-35)36-24-16-31(17-25-36)29-8-4-2-5-9-29/h2-27,38H,1H3. The van der Waals surface area contributed by atoms with Crippen LogP contribution in [0.3, 0.4) is 0 Å². The van der Waals surface area contributed by atoms with E-state index in [4.69, 9.17) is 0 Å². The van der Waals surface area contributed by atoms with Crippen molar-refractivity contribution in [2.24, 2.45) is 0 Å². The molecule has 0 bridgehead atoms. The molecule has 6 aromatic rings. The van der Waals surface area contributed by atoms with E-state index in [1.54, 1.807) is 0 Å². The molecule has 0 heterocycles. The Balaban J connectivity index is 1.25. The van der Waals surface area contributed by atoms with Crippen molar-refractivity contribution in [1.82, 2.24) is 0 Å². The Labute approximate surface area is 230 Å². The van der Waals surface area contributed by atoms with E-state index in [9.17, 15) is 0 Å². The van der Waals surface area contributed by atoms with Crippen molar-refractivity contribution in [3.63, 3.8) is 0 Å². The van der Waals surface area contributed by atoms with E-state index < -0.39 is 0 Å². The molecular weight excluding hydrogens is 472 g/mol. The molecule has 0 aliphatic rings. The number of nitrogens with one attached hydrogen (secondary N) is 1. The monoisotopic (exact) mass is 502 g/mol. The van der Waals surface area contributed by atoms with Crippen molar-refractivity contribution in [2.75, 3.05) is 10.2 Å². The minimum Gasteiger partial charge on any atom is -0.356 e. The maximum Gasteiger partial charge on any atom is 0.0462 e. The highest BCUT2D eigenvalue weighted by Gasteiger charge is 2.13. The van der Waals surface area contributed by atoms with Crippen LogP contribution in [-0.4, -0.2) is 0 Å². The molecule has 0 saturated heterocycles. The topological polar surface area (TPSA) is 15.3 Å². The summed E-state index contributed by atoms with van der Waals surface area (Å²) in [6, 6.07) is 55.7. The molecule has 1 N–H and O–H groups in total. The number of rotatable bonds is 7. The van der Waals surface area contributed by atoms with Gasteiger partial charge in [0.2, 0.25) is 0 Å². The summed E-state index contributed by atoms with van der Waals surface area (Å²) in [5.74, 6) is 0. The van der Waals surface area contributed by atoms with Crippen molar-refractivity contribution in [1.29, 1.82) is 0 Å². The summed E-state index contributed by atoms with van der Waals surface area (Å²) in [6.07, 6.45) is 0. The first-order chi connectivity index (χ1) is 19.2. The number of aryl methyl sites for hydroxylation is 1. The van der Waals surface area contributed by atoms with Gasteiger partial charge in [0.1, 0.15) is 0 Å². The zero-order valence-corrected chi connectivity index (χ0v) is 22.0. The van der Waals surface area contributed by atoms with Crippen LogP contribution in [0, 0.1) is 6.92 Å². The summed E-state index contributed by atoms with van der Waals surface area (Å²) in [4.78, 5) is 2.30. The second-order valence-electron chi connectivity index (χ2n) is 9.70. The number of anilines is 5. The summed E-state index contributed by atoms with van der Waals surface area (Å²) in [7, 11) is 0. The third kappa shape index (κ3) is 5.61. The van der Waals surface area contributed by atoms with Crippen LogP contribution in [0.1, 0.15) is 5.56 Å². The second kappa shape index (κ2) is 11.1. The smallest absolute Gasteiger partial charge is 0.0462 e. The molecule has 0 radical (unpaired) electrons. The van der Waals surface area contributed by atoms with Crippen LogP contribution in [0.4, 0.5) is 28.4 Å². The number of benzene rings is 6. The van der Waals surface area contributed by atoms with Gasteiger partial charge in [0.25, 0.3) is 0 Å². The van der Waals surface area contributed by atoms with E-state index >= 15 is 0 Å². The molecule has 0 amide bonds. The van der Waals surface area contributed by atoms with Gasteiger partial charge in [-0.2, -0.15) is 0 Å². The van der Waals surface area contributed by atoms with Crippen molar-refractivity contribution in [2.45, 2.75) is 6.92 Å². The Morgan fingerprint density at radius 1 is 0.359 bits per heavy atom. The van der Waals surface area contributed by atoms with E-state index in [0.717, 1.165) is 28.4 Å². The molecule has 0 aliphatic carbocycles. The molecule has 0 aliphatic heterocycles. The van der Waals surface area contributed by atoms with Crippen molar-refractivity contribution >= 4 is 28.4 Å². The van der Waals surface area contributed by atoms with Gasteiger partial charge in [-0.3, -0.25) is 0 Å². The molecule has 0 spiro atoms. The molecule has 188 valence electrons. The summed E-state index contributed by atoms with van der Waals surface area (Å²) >= 11 is 0. The lowest BCUT2D eigenvalue weighted by atomic mass is 10.0. The van der Waals surface area contributed by atoms with Crippen LogP contribution in [-0.2, 0) is 0 Å². The summed E-state index contributed by atoms with van der Waals surface area (Å²) in [5.41, 5.74) is 11.6. The molecule has 6 rings (SSSR count). The van der Waals surface area contributed by atoms with Gasteiger partial charge in [-0.25, -0.2) is 0 Å². The van der Waals surface area contributed by atoms with Crippen LogP contribution < -0.4 is 10.2 Å². The van der Waals surface area contributed by atoms with Gasteiger partial charge in [-0.15, -0.1) is 0 Å². The maximum atomic E-state index is 3.48. The van der Waals surface area contributed by atoms with E-state index in [-0.39, 0.29) is 0 Å². The molecular formula is C37H30N2. The molecule has 0 atom stereocenters. The molecule has 0 aromatic heterocycles. The Morgan fingerprint density at radius 3 is 1.21 bits per heavy atom. The van der Waals surface area contributed by atoms with Crippen molar-refractivity contribution < 1.29 is 0 Å². The molecule has 0 unspecified atom stereocenters. The van der Waals surface area contributed by atoms with Gasteiger partial charge in [-0.05, 0) is 89.8 Å². The highest BCUT2D eigenvalue weighted by molar-refractivity contribution is 5.80. The van der Waals surface area contributed by atoms with E-state index in [1.165, 1.54) is 27.8 Å². The molecule has 6 aromatic carbocycles. The number of hydrogen-bond acceptors (Lipinski definition) is 2. The van der Waals surface area contributed by atoms with Gasteiger partial charge in [-0.1, -0.05) is 103 Å². The second-order valence-corrected chi connectivity index (χ2v) is 9.70. The first-order valence-electron chi connectivity index (χ1n) is 13.3. The normalized spacial score (nSPS) is 10.7. The largest absolute Gasteiger partial charge is 0.356 e. The van der Waals surface area contributed by atoms with Crippen LogP contribution in [0.2, 0.25) is 0 Å². The fourth-order valence-electron chi connectivity index (χ4n) is 4.81. The average molecular weight is 503 g/mol. The van der Waals surface area contributed by atoms with E-state index in [2.05, 4.69) is 175 Å². The fourth-order valence-corrected chi connectivity index (χ4v) is 4.81. The highest BCUT2D eigenvalue weighted by Crippen LogP contribution is 2.36. The van der Waals surface area contributed by atoms with Crippen molar-refractivity contribution in [3.8, 4) is 22.3 Å². The Morgan fingerprint density at radius 2 is 0.718 bits per heavy atom. The molecule has 39 heavy (non-hydrogen) atoms. The Kier molecular flexibility index (Phi) is 6.92. The highest BCUT2D eigenvalue weighted by atomic mass is 15.1. The van der Waals surface area contributed by atoms with Crippen LogP contribution in [0.5, 0.6) is 0 Å². The molecule has 0 saturated carbocycles. The quantitative estimate of drug-likeness (QED) is 0.233. The Hall–Kier alpha value is -5.08. The lowest BCUT2D eigenvalue weighted by Gasteiger charge is -2.26. The summed E-state index contributed by atoms with van der Waals surface area (Å²) in [5, 5.41) is 3.48. The van der Waals surface area contributed by atoms with Gasteiger partial charge in [0.15, 0.2) is 0 Å². The zero-order chi connectivity index (χ0) is 26.4. The lowest BCUT2D eigenvalue weighted by molar-refractivity contribution is 1.28. The van der Waals surface area contributed by atoms with Gasteiger partial charge < -0.3 is 10.2 Å². The fraction of sp³-hybridized carbons (Fsp3) is 0.0270. The summed E-state index contributed by atoms with van der Waals surface area (Å²) in [6.45, 7) is 2.10. The average Bonchev–Trinajstić information content (AvgIpc) is 3.01. The SMILES string of the molecule is Cc1ccc(Nc2ccc(-c3ccc(N(c4ccccc4)c4ccc(-c5ccccc5)cc4)cc3)cc2)cc1. The summed E-state index contributed by atoms with van der Waals surface area (Å²) < 4.78 is 0. The number of hydrogen-bond donors (Lipinski definition) is 1. The van der Waals surface area contributed by atoms with Crippen LogP contribution in [0.25, 0.3) is 22.3 Å². The van der Waals surface area contributed by atoms with E-state index in [1.807, 2.05) is 0 Å². The van der Waals surface area contributed by atoms with Gasteiger partial charge in [0, 0.05) is 28.4 Å². The number of nitrogens with zero attached hydrogens (tertiary/aromatic N) is 1. The molecule has 2 heteroatoms. The van der Waals surface area contributed by atoms with Gasteiger partial charge >= 0.3 is 0 Å². The van der Waals surface area contributed by atoms with Crippen LogP contribution >= 0.6 is 0 Å². The Bertz CT molecular complexity index is 1620. The zero-order valence-electron chi connectivity index (χ0n) is 22.0. The first-order valence-corrected chi connectivity index (χ1v) is 13.3. The van der Waals surface area contributed by atoms with Crippen LogP contribution in [0.15, 0.2) is 158 Å². The minimum absolute atomic E-state index is 1.08. The number of para-hydroxylation sites is 1. The maximum absolute atomic E-state index is 3.48. The predicted molar refractivity (Wildman–Crippen MR) is 166 cm³/mol. The van der Waals surface area contributed by atoms with E-state index in [0.29, 0.717) is 0 Å². The van der Waals surface area contributed by atoms with Crippen molar-refractivity contribution in [3.05, 3.63) is 163 Å². The minimum atomic E-state index is 1.08. The lowest BCUT2D eigenvalue weighted by Crippen LogP contribution is -2.09. The first kappa shape index (κ1) is 24.3.